The van der Waals surface area contributed by atoms with Gasteiger partial charge in [0.25, 0.3) is 0 Å². The van der Waals surface area contributed by atoms with Crippen molar-refractivity contribution >= 4 is 44.2 Å². The number of carbonyl (C=O) groups excluding carboxylic acids is 1. The van der Waals surface area contributed by atoms with E-state index in [9.17, 15) is 9.59 Å². The van der Waals surface area contributed by atoms with Crippen LogP contribution in [0, 0.1) is 0 Å². The normalized spacial score (nSPS) is 17.7. The van der Waals surface area contributed by atoms with Crippen LogP contribution in [0.2, 0.25) is 0 Å². The third kappa shape index (κ3) is 3.81. The van der Waals surface area contributed by atoms with Gasteiger partial charge in [-0.2, -0.15) is 0 Å². The highest BCUT2D eigenvalue weighted by Gasteiger charge is 2.25. The number of amides is 1. The molecule has 1 saturated heterocycles. The molecular formula is C21H21N5O2S. The molecule has 0 radical (unpaired) electrons. The van der Waals surface area contributed by atoms with E-state index in [0.29, 0.717) is 23.7 Å². The molecule has 8 heteroatoms. The number of para-hydroxylation sites is 1. The largest absolute Gasteiger partial charge is 0.325 e. The maximum absolute atomic E-state index is 12.6. The molecule has 3 heterocycles. The third-order valence-electron chi connectivity index (χ3n) is 5.33. The van der Waals surface area contributed by atoms with Crippen molar-refractivity contribution in [2.24, 2.45) is 0 Å². The zero-order valence-corrected chi connectivity index (χ0v) is 16.6. The molecular weight excluding hydrogens is 386 g/mol. The summed E-state index contributed by atoms with van der Waals surface area (Å²) in [5.74, 6) is 0.322. The third-order valence-corrected chi connectivity index (χ3v) is 6.53. The Kier molecular flexibility index (Phi) is 4.65. The molecule has 7 nitrogen and oxygen atoms in total. The number of aromatic amines is 2. The van der Waals surface area contributed by atoms with Crippen molar-refractivity contribution in [1.82, 2.24) is 19.9 Å². The van der Waals surface area contributed by atoms with Gasteiger partial charge in [-0.1, -0.05) is 12.1 Å². The van der Waals surface area contributed by atoms with Crippen molar-refractivity contribution in [1.29, 1.82) is 0 Å². The Balaban J connectivity index is 1.24. The molecule has 0 spiro atoms. The smallest absolute Gasteiger partial charge is 0.323 e. The SMILES string of the molecule is O=C(CN1CCCC(c2nc3ccccc3s2)C1)Nc1ccc2[nH]c(=O)[nH]c2c1. The van der Waals surface area contributed by atoms with E-state index in [1.165, 1.54) is 4.70 Å². The molecule has 2 aromatic heterocycles. The first-order valence-electron chi connectivity index (χ1n) is 9.74. The summed E-state index contributed by atoms with van der Waals surface area (Å²) in [6, 6.07) is 13.6. The number of carbonyl (C=O) groups is 1. The van der Waals surface area contributed by atoms with Gasteiger partial charge in [0.1, 0.15) is 0 Å². The lowest BCUT2D eigenvalue weighted by molar-refractivity contribution is -0.117. The lowest BCUT2D eigenvalue weighted by atomic mass is 9.99. The fraction of sp³-hybridized carbons (Fsp3) is 0.286. The zero-order valence-electron chi connectivity index (χ0n) is 15.8. The highest BCUT2D eigenvalue weighted by atomic mass is 32.1. The quantitative estimate of drug-likeness (QED) is 0.484. The van der Waals surface area contributed by atoms with Crippen LogP contribution in [0.25, 0.3) is 21.3 Å². The average Bonchev–Trinajstić information content (AvgIpc) is 3.30. The maximum atomic E-state index is 12.6. The van der Waals surface area contributed by atoms with E-state index in [2.05, 4.69) is 32.3 Å². The van der Waals surface area contributed by atoms with Crippen LogP contribution < -0.4 is 11.0 Å². The van der Waals surface area contributed by atoms with Crippen LogP contribution in [0.5, 0.6) is 0 Å². The van der Waals surface area contributed by atoms with Crippen LogP contribution in [0.15, 0.2) is 47.3 Å². The molecule has 1 unspecified atom stereocenters. The van der Waals surface area contributed by atoms with E-state index in [-0.39, 0.29) is 11.6 Å². The molecule has 5 rings (SSSR count). The van der Waals surface area contributed by atoms with Crippen LogP contribution in [-0.2, 0) is 4.79 Å². The minimum absolute atomic E-state index is 0.0489. The number of hydrogen-bond donors (Lipinski definition) is 3. The lowest BCUT2D eigenvalue weighted by Gasteiger charge is -2.31. The average molecular weight is 407 g/mol. The Hall–Kier alpha value is -2.97. The number of piperidine rings is 1. The van der Waals surface area contributed by atoms with Gasteiger partial charge in [-0.15, -0.1) is 11.3 Å². The number of benzene rings is 2. The number of aromatic nitrogens is 3. The number of H-pyrrole nitrogens is 2. The number of thiazole rings is 1. The Bertz CT molecular complexity index is 1210. The Morgan fingerprint density at radius 2 is 2.07 bits per heavy atom. The Morgan fingerprint density at radius 3 is 2.97 bits per heavy atom. The number of anilines is 1. The van der Waals surface area contributed by atoms with Gasteiger partial charge in [0.2, 0.25) is 5.91 Å². The van der Waals surface area contributed by atoms with Crippen molar-refractivity contribution in [3.05, 3.63) is 58.0 Å². The molecule has 0 saturated carbocycles. The van der Waals surface area contributed by atoms with Gasteiger partial charge in [0.05, 0.1) is 32.8 Å². The molecule has 4 aromatic rings. The second-order valence-electron chi connectivity index (χ2n) is 7.48. The number of nitrogens with zero attached hydrogens (tertiary/aromatic N) is 2. The van der Waals surface area contributed by atoms with Crippen molar-refractivity contribution in [2.45, 2.75) is 18.8 Å². The van der Waals surface area contributed by atoms with Crippen molar-refractivity contribution in [2.75, 3.05) is 25.0 Å². The molecule has 2 aromatic carbocycles. The van der Waals surface area contributed by atoms with Crippen molar-refractivity contribution in [3.63, 3.8) is 0 Å². The van der Waals surface area contributed by atoms with Crippen LogP contribution in [0.4, 0.5) is 5.69 Å². The summed E-state index contributed by atoms with van der Waals surface area (Å²) in [5, 5.41) is 4.10. The topological polar surface area (TPSA) is 93.9 Å². The first kappa shape index (κ1) is 18.1. The van der Waals surface area contributed by atoms with Gasteiger partial charge >= 0.3 is 5.69 Å². The number of likely N-dealkylation sites (tertiary alicyclic amines) is 1. The highest BCUT2D eigenvalue weighted by Crippen LogP contribution is 2.32. The summed E-state index contributed by atoms with van der Waals surface area (Å²) < 4.78 is 1.22. The molecule has 1 atom stereocenters. The fourth-order valence-corrected chi connectivity index (χ4v) is 5.07. The number of rotatable bonds is 4. The van der Waals surface area contributed by atoms with E-state index < -0.39 is 0 Å². The van der Waals surface area contributed by atoms with Gasteiger partial charge in [0.15, 0.2) is 0 Å². The molecule has 3 N–H and O–H groups in total. The standard InChI is InChI=1S/C21H21N5O2S/c27-19(22-14-7-8-15-17(10-14)25-21(28)24-15)12-26-9-3-4-13(11-26)20-23-16-5-1-2-6-18(16)29-20/h1-2,5-8,10,13H,3-4,9,11-12H2,(H,22,27)(H2,24,25,28). The number of fused-ring (bicyclic) bond motifs is 2. The van der Waals surface area contributed by atoms with Crippen LogP contribution in [0.3, 0.4) is 0 Å². The minimum atomic E-state index is -0.252. The van der Waals surface area contributed by atoms with Gasteiger partial charge in [-0.25, -0.2) is 9.78 Å². The molecule has 1 amide bonds. The molecule has 29 heavy (non-hydrogen) atoms. The summed E-state index contributed by atoms with van der Waals surface area (Å²) in [4.78, 5) is 36.4. The number of hydrogen-bond acceptors (Lipinski definition) is 5. The van der Waals surface area contributed by atoms with Crippen molar-refractivity contribution in [3.8, 4) is 0 Å². The molecule has 1 aliphatic rings. The zero-order chi connectivity index (χ0) is 19.8. The van der Waals surface area contributed by atoms with Gasteiger partial charge in [-0.3, -0.25) is 9.69 Å². The molecule has 1 aliphatic heterocycles. The first-order chi connectivity index (χ1) is 14.1. The Morgan fingerprint density at radius 1 is 1.21 bits per heavy atom. The summed E-state index contributed by atoms with van der Waals surface area (Å²) >= 11 is 1.76. The molecule has 0 bridgehead atoms. The van der Waals surface area contributed by atoms with Gasteiger partial charge in [-0.05, 0) is 49.7 Å². The predicted octanol–water partition coefficient (Wildman–Crippen LogP) is 3.28. The van der Waals surface area contributed by atoms with Crippen molar-refractivity contribution < 1.29 is 4.79 Å². The minimum Gasteiger partial charge on any atom is -0.325 e. The van der Waals surface area contributed by atoms with E-state index in [4.69, 9.17) is 4.98 Å². The van der Waals surface area contributed by atoms with E-state index >= 15 is 0 Å². The summed E-state index contributed by atoms with van der Waals surface area (Å²) in [5.41, 5.74) is 2.89. The second kappa shape index (κ2) is 7.46. The van der Waals surface area contributed by atoms with Crippen LogP contribution >= 0.6 is 11.3 Å². The molecule has 1 fully saturated rings. The second-order valence-corrected chi connectivity index (χ2v) is 8.54. The predicted molar refractivity (Wildman–Crippen MR) is 116 cm³/mol. The number of nitrogens with one attached hydrogen (secondary N) is 3. The first-order valence-corrected chi connectivity index (χ1v) is 10.6. The summed E-state index contributed by atoms with van der Waals surface area (Å²) in [7, 11) is 0. The van der Waals surface area contributed by atoms with E-state index in [0.717, 1.165) is 42.0 Å². The fourth-order valence-electron chi connectivity index (χ4n) is 3.98. The summed E-state index contributed by atoms with van der Waals surface area (Å²) in [6.07, 6.45) is 2.17. The molecule has 0 aliphatic carbocycles. The highest BCUT2D eigenvalue weighted by molar-refractivity contribution is 7.18. The number of imidazole rings is 1. The molecule has 148 valence electrons. The lowest BCUT2D eigenvalue weighted by Crippen LogP contribution is -2.39. The van der Waals surface area contributed by atoms with Crippen LogP contribution in [0.1, 0.15) is 23.8 Å². The Labute approximate surface area is 170 Å². The van der Waals surface area contributed by atoms with E-state index in [1.807, 2.05) is 12.1 Å². The van der Waals surface area contributed by atoms with Gasteiger partial charge in [0, 0.05) is 18.2 Å². The maximum Gasteiger partial charge on any atom is 0.323 e. The van der Waals surface area contributed by atoms with Gasteiger partial charge < -0.3 is 15.3 Å². The monoisotopic (exact) mass is 407 g/mol. The van der Waals surface area contributed by atoms with Crippen LogP contribution in [-0.4, -0.2) is 45.4 Å². The van der Waals surface area contributed by atoms with E-state index in [1.54, 1.807) is 29.5 Å². The summed E-state index contributed by atoms with van der Waals surface area (Å²) in [6.45, 7) is 2.11.